The number of aromatic carboxylic acids is 1. The van der Waals surface area contributed by atoms with Gasteiger partial charge in [0, 0.05) is 25.3 Å². The Morgan fingerprint density at radius 1 is 1.35 bits per heavy atom. The number of nitrogens with zero attached hydrogens (tertiary/aromatic N) is 2. The summed E-state index contributed by atoms with van der Waals surface area (Å²) in [5, 5.41) is 21.0. The summed E-state index contributed by atoms with van der Waals surface area (Å²) in [4.78, 5) is 25.3. The number of carboxylic acids is 1. The number of rotatable bonds is 3. The molecule has 9 heteroatoms. The molecule has 6 nitrogen and oxygen atoms in total. The van der Waals surface area contributed by atoms with Crippen molar-refractivity contribution < 1.29 is 41.8 Å². The van der Waals surface area contributed by atoms with Gasteiger partial charge in [-0.2, -0.15) is 0 Å². The van der Waals surface area contributed by atoms with Gasteiger partial charge < -0.3 is 24.5 Å². The Hall–Kier alpha value is -1.38. The van der Waals surface area contributed by atoms with Crippen LogP contribution in [-0.2, 0) is 22.4 Å². The number of carboxylic acid groups (broad SMARTS) is 1. The third kappa shape index (κ3) is 3.08. The number of benzene rings is 1. The standard InChI is InChI=1S/C17H16ClFN2O4.Ag/c18-13-14-10(5-12(19)15(13)20-4-3-9(22)6-20)16(23)11(17(24)25)7-21(14)8-1-2-8;/h5,7-9,22H,1-4,6H2,(H,24,25);/q;+1/p-1/t9-;/m1./s1. The number of hydrogen-bond donors (Lipinski definition) is 1. The van der Waals surface area contributed by atoms with E-state index < -0.39 is 28.9 Å². The van der Waals surface area contributed by atoms with Crippen LogP contribution >= 0.6 is 11.6 Å². The van der Waals surface area contributed by atoms with Crippen LogP contribution in [0.15, 0.2) is 17.1 Å². The normalized spacial score (nSPS) is 19.7. The van der Waals surface area contributed by atoms with Gasteiger partial charge in [0.05, 0.1) is 39.2 Å². The number of aliphatic hydroxyl groups excluding tert-OH is 1. The third-order valence-electron chi connectivity index (χ3n) is 4.82. The molecule has 1 aromatic heterocycles. The maximum Gasteiger partial charge on any atom is 1.00 e. The van der Waals surface area contributed by atoms with Crippen LogP contribution < -0.4 is 15.4 Å². The van der Waals surface area contributed by atoms with Crippen molar-refractivity contribution in [3.05, 3.63) is 38.9 Å². The van der Waals surface area contributed by atoms with Gasteiger partial charge in [-0.3, -0.25) is 4.79 Å². The molecule has 26 heavy (non-hydrogen) atoms. The number of carbonyl (C=O) groups excluding carboxylic acids is 1. The SMILES string of the molecule is O=C([O-])c1cn(C2CC2)c2c(Cl)c(N3CC[C@@H](O)C3)c(F)cc2c1=O.[Ag+]. The van der Waals surface area contributed by atoms with E-state index in [9.17, 15) is 24.2 Å². The first-order chi connectivity index (χ1) is 11.9. The second kappa shape index (κ2) is 6.98. The summed E-state index contributed by atoms with van der Waals surface area (Å²) in [5.41, 5.74) is -0.836. The van der Waals surface area contributed by atoms with Gasteiger partial charge in [-0.05, 0) is 25.3 Å². The first kappa shape index (κ1) is 19.4. The summed E-state index contributed by atoms with van der Waals surface area (Å²) in [5.74, 6) is -2.30. The predicted molar refractivity (Wildman–Crippen MR) is 88.6 cm³/mol. The van der Waals surface area contributed by atoms with Crippen LogP contribution in [0.4, 0.5) is 10.1 Å². The van der Waals surface area contributed by atoms with Crippen molar-refractivity contribution in [2.75, 3.05) is 18.0 Å². The largest absolute Gasteiger partial charge is 1.00 e. The van der Waals surface area contributed by atoms with Crippen molar-refractivity contribution in [3.63, 3.8) is 0 Å². The van der Waals surface area contributed by atoms with Crippen LogP contribution in [0.1, 0.15) is 35.7 Å². The molecule has 0 spiro atoms. The molecule has 1 aliphatic carbocycles. The van der Waals surface area contributed by atoms with E-state index in [0.29, 0.717) is 18.5 Å². The van der Waals surface area contributed by atoms with Crippen LogP contribution in [0.5, 0.6) is 0 Å². The van der Waals surface area contributed by atoms with Gasteiger partial charge in [0.1, 0.15) is 5.82 Å². The minimum atomic E-state index is -1.59. The second-order valence-corrected chi connectivity index (χ2v) is 6.98. The van der Waals surface area contributed by atoms with Crippen molar-refractivity contribution in [3.8, 4) is 0 Å². The summed E-state index contributed by atoms with van der Waals surface area (Å²) < 4.78 is 16.3. The molecule has 0 amide bonds. The number of halogens is 2. The molecular formula is C17H15AgClFN2O4. The zero-order valence-corrected chi connectivity index (χ0v) is 15.7. The second-order valence-electron chi connectivity index (χ2n) is 6.60. The summed E-state index contributed by atoms with van der Waals surface area (Å²) >= 11 is 6.47. The smallest absolute Gasteiger partial charge is 0.545 e. The number of aromatic nitrogens is 1. The Morgan fingerprint density at radius 3 is 2.58 bits per heavy atom. The summed E-state index contributed by atoms with van der Waals surface area (Å²) in [6, 6.07) is 1.07. The average Bonchev–Trinajstić information content (AvgIpc) is 3.30. The van der Waals surface area contributed by atoms with Crippen molar-refractivity contribution in [1.82, 2.24) is 4.57 Å². The fraction of sp³-hybridized carbons (Fsp3) is 0.412. The fourth-order valence-electron chi connectivity index (χ4n) is 3.45. The first-order valence-electron chi connectivity index (χ1n) is 8.09. The number of fused-ring (bicyclic) bond motifs is 1. The van der Waals surface area contributed by atoms with E-state index in [4.69, 9.17) is 11.6 Å². The molecule has 2 aromatic rings. The molecule has 2 aliphatic rings. The molecule has 1 saturated heterocycles. The van der Waals surface area contributed by atoms with Gasteiger partial charge >= 0.3 is 22.4 Å². The van der Waals surface area contributed by atoms with Gasteiger partial charge in [-0.1, -0.05) is 11.6 Å². The van der Waals surface area contributed by atoms with Crippen LogP contribution in [0.25, 0.3) is 10.9 Å². The van der Waals surface area contributed by atoms with Gasteiger partial charge in [0.2, 0.25) is 0 Å². The molecule has 2 fully saturated rings. The van der Waals surface area contributed by atoms with Gasteiger partial charge in [0.15, 0.2) is 5.43 Å². The summed E-state index contributed by atoms with van der Waals surface area (Å²) in [6.07, 6.45) is 2.85. The average molecular weight is 474 g/mol. The van der Waals surface area contributed by atoms with E-state index in [-0.39, 0.29) is 51.1 Å². The topological polar surface area (TPSA) is 85.6 Å². The Kier molecular flexibility index (Phi) is 5.20. The molecular weight excluding hydrogens is 459 g/mol. The van der Waals surface area contributed by atoms with E-state index in [1.165, 1.54) is 6.20 Å². The molecule has 0 bridgehead atoms. The molecule has 1 atom stereocenters. The maximum atomic E-state index is 14.7. The van der Waals surface area contributed by atoms with E-state index in [0.717, 1.165) is 18.9 Å². The van der Waals surface area contributed by atoms with Crippen LogP contribution in [0.2, 0.25) is 5.02 Å². The number of β-amino-alcohol motifs (C(OH)–C–C–N with tert-alkyl or cyclic N) is 1. The fourth-order valence-corrected chi connectivity index (χ4v) is 3.86. The van der Waals surface area contributed by atoms with E-state index in [2.05, 4.69) is 0 Å². The number of pyridine rings is 1. The van der Waals surface area contributed by atoms with Gasteiger partial charge in [0.25, 0.3) is 0 Å². The molecule has 1 aromatic carbocycles. The summed E-state index contributed by atoms with van der Waals surface area (Å²) in [6.45, 7) is 0.709. The van der Waals surface area contributed by atoms with Gasteiger partial charge in [-0.15, -0.1) is 0 Å². The maximum absolute atomic E-state index is 14.7. The third-order valence-corrected chi connectivity index (χ3v) is 5.18. The van der Waals surface area contributed by atoms with Crippen molar-refractivity contribution in [2.45, 2.75) is 31.4 Å². The van der Waals surface area contributed by atoms with Gasteiger partial charge in [-0.25, -0.2) is 4.39 Å². The molecule has 2 heterocycles. The Balaban J connectivity index is 0.00000196. The Morgan fingerprint density at radius 2 is 2.04 bits per heavy atom. The Bertz CT molecular complexity index is 960. The number of aliphatic hydroxyl groups is 1. The number of carbonyl (C=O) groups is 1. The molecule has 1 N–H and O–H groups in total. The number of anilines is 1. The minimum Gasteiger partial charge on any atom is -0.545 e. The molecule has 1 saturated carbocycles. The minimum absolute atomic E-state index is 0. The quantitative estimate of drug-likeness (QED) is 0.674. The van der Waals surface area contributed by atoms with Crippen LogP contribution in [0.3, 0.4) is 0 Å². The predicted octanol–water partition coefficient (Wildman–Crippen LogP) is 1.06. The summed E-state index contributed by atoms with van der Waals surface area (Å²) in [7, 11) is 0. The molecule has 4 rings (SSSR count). The number of hydrogen-bond acceptors (Lipinski definition) is 5. The van der Waals surface area contributed by atoms with Crippen molar-refractivity contribution in [2.24, 2.45) is 0 Å². The van der Waals surface area contributed by atoms with E-state index in [1.807, 2.05) is 0 Å². The zero-order valence-electron chi connectivity index (χ0n) is 13.5. The molecule has 1 aliphatic heterocycles. The van der Waals surface area contributed by atoms with Crippen LogP contribution in [0, 0.1) is 5.82 Å². The monoisotopic (exact) mass is 472 g/mol. The first-order valence-corrected chi connectivity index (χ1v) is 8.47. The van der Waals surface area contributed by atoms with Crippen molar-refractivity contribution >= 4 is 34.2 Å². The molecule has 142 valence electrons. The van der Waals surface area contributed by atoms with Crippen LogP contribution in [-0.4, -0.2) is 34.8 Å². The Labute approximate surface area is 168 Å². The van der Waals surface area contributed by atoms with E-state index >= 15 is 0 Å². The van der Waals surface area contributed by atoms with Crippen molar-refractivity contribution in [1.29, 1.82) is 0 Å². The van der Waals surface area contributed by atoms with E-state index in [1.54, 1.807) is 9.47 Å². The molecule has 0 unspecified atom stereocenters. The zero-order chi connectivity index (χ0) is 17.9. The molecule has 0 radical (unpaired) electrons.